The van der Waals surface area contributed by atoms with E-state index in [0.29, 0.717) is 6.07 Å². The Bertz CT molecular complexity index is 431. The van der Waals surface area contributed by atoms with Gasteiger partial charge in [-0.1, -0.05) is 6.07 Å². The first-order valence-electron chi connectivity index (χ1n) is 4.28. The first-order valence-corrected chi connectivity index (χ1v) is 4.28. The molecule has 0 radical (unpaired) electrons. The highest BCUT2D eigenvalue weighted by Gasteiger charge is 2.42. The average molecular weight is 239 g/mol. The Kier molecular flexibility index (Phi) is 2.39. The summed E-state index contributed by atoms with van der Waals surface area (Å²) in [5, 5.41) is 0. The van der Waals surface area contributed by atoms with E-state index in [-0.39, 0.29) is 5.56 Å². The Morgan fingerprint density at radius 3 is 2.12 bits per heavy atom. The number of halogens is 5. The smallest absolute Gasteiger partial charge is 0.348 e. The quantitative estimate of drug-likeness (QED) is 0.603. The normalized spacial score (nSPS) is 24.6. The number of alkyl halides is 3. The maximum Gasteiger partial charge on any atom is 0.419 e. The van der Waals surface area contributed by atoms with Crippen LogP contribution in [-0.2, 0) is 10.9 Å². The molecule has 2 unspecified atom stereocenters. The Morgan fingerprint density at radius 1 is 1.12 bits per heavy atom. The fourth-order valence-electron chi connectivity index (χ4n) is 1.38. The second kappa shape index (κ2) is 3.39. The Morgan fingerprint density at radius 2 is 1.69 bits per heavy atom. The van der Waals surface area contributed by atoms with Crippen LogP contribution >= 0.6 is 0 Å². The molecule has 1 aromatic rings. The van der Waals surface area contributed by atoms with E-state index in [4.69, 9.17) is 5.73 Å². The number of ether oxygens (including phenoxy) is 1. The van der Waals surface area contributed by atoms with Gasteiger partial charge in [0.25, 0.3) is 0 Å². The predicted octanol–water partition coefficient (Wildman–Crippen LogP) is 2.34. The molecule has 16 heavy (non-hydrogen) atoms. The van der Waals surface area contributed by atoms with Gasteiger partial charge in [-0.3, -0.25) is 0 Å². The van der Waals surface area contributed by atoms with Crippen molar-refractivity contribution >= 4 is 0 Å². The number of hydrogen-bond acceptors (Lipinski definition) is 2. The summed E-state index contributed by atoms with van der Waals surface area (Å²) in [6, 6.07) is 1.31. The van der Waals surface area contributed by atoms with Gasteiger partial charge in [0.15, 0.2) is 11.6 Å². The highest BCUT2D eigenvalue weighted by molar-refractivity contribution is 5.31. The van der Waals surface area contributed by atoms with E-state index in [1.807, 2.05) is 0 Å². The molecule has 2 nitrogen and oxygen atoms in total. The van der Waals surface area contributed by atoms with Gasteiger partial charge in [-0.25, -0.2) is 8.78 Å². The standard InChI is InChI=1S/C9H6F5NO/c10-5-3(7-8(15)16-7)1-2-4(6(5)11)9(12,13)14/h1-2,7-8H,15H2. The van der Waals surface area contributed by atoms with Gasteiger partial charge in [0.1, 0.15) is 12.3 Å². The lowest BCUT2D eigenvalue weighted by Gasteiger charge is -2.09. The van der Waals surface area contributed by atoms with Crippen LogP contribution in [-0.4, -0.2) is 6.23 Å². The first kappa shape index (κ1) is 11.3. The van der Waals surface area contributed by atoms with E-state index in [0.717, 1.165) is 6.07 Å². The zero-order chi connectivity index (χ0) is 12.1. The number of rotatable bonds is 1. The van der Waals surface area contributed by atoms with E-state index in [2.05, 4.69) is 4.74 Å². The molecule has 88 valence electrons. The zero-order valence-electron chi connectivity index (χ0n) is 7.68. The molecule has 0 aromatic heterocycles. The molecule has 1 fully saturated rings. The molecule has 0 aliphatic carbocycles. The molecule has 1 aliphatic heterocycles. The van der Waals surface area contributed by atoms with Crippen molar-refractivity contribution in [1.29, 1.82) is 0 Å². The predicted molar refractivity (Wildman–Crippen MR) is 43.2 cm³/mol. The van der Waals surface area contributed by atoms with E-state index >= 15 is 0 Å². The molecule has 7 heteroatoms. The number of hydrogen-bond donors (Lipinski definition) is 1. The van der Waals surface area contributed by atoms with Gasteiger partial charge in [0.05, 0.1) is 5.56 Å². The summed E-state index contributed by atoms with van der Waals surface area (Å²) in [6.45, 7) is 0. The molecule has 1 saturated heterocycles. The summed E-state index contributed by atoms with van der Waals surface area (Å²) in [5.74, 6) is -3.49. The Hall–Kier alpha value is -1.21. The molecule has 2 atom stereocenters. The van der Waals surface area contributed by atoms with Crippen molar-refractivity contribution in [2.24, 2.45) is 5.73 Å². The largest absolute Gasteiger partial charge is 0.419 e. The van der Waals surface area contributed by atoms with Crippen LogP contribution in [0.25, 0.3) is 0 Å². The lowest BCUT2D eigenvalue weighted by Crippen LogP contribution is -2.11. The molecule has 0 saturated carbocycles. The van der Waals surface area contributed by atoms with E-state index < -0.39 is 35.7 Å². The monoisotopic (exact) mass is 239 g/mol. The van der Waals surface area contributed by atoms with Crippen molar-refractivity contribution in [2.45, 2.75) is 18.5 Å². The molecule has 2 rings (SSSR count). The van der Waals surface area contributed by atoms with Gasteiger partial charge < -0.3 is 10.5 Å². The van der Waals surface area contributed by atoms with Crippen LogP contribution < -0.4 is 5.73 Å². The molecular formula is C9H6F5NO. The van der Waals surface area contributed by atoms with Gasteiger partial charge in [0, 0.05) is 5.56 Å². The first-order chi connectivity index (χ1) is 7.32. The number of epoxide rings is 1. The summed E-state index contributed by atoms with van der Waals surface area (Å²) < 4.78 is 67.6. The van der Waals surface area contributed by atoms with Crippen molar-refractivity contribution in [3.8, 4) is 0 Å². The van der Waals surface area contributed by atoms with E-state index in [1.54, 1.807) is 0 Å². The van der Waals surface area contributed by atoms with Gasteiger partial charge in [-0.2, -0.15) is 13.2 Å². The molecule has 2 N–H and O–H groups in total. The highest BCUT2D eigenvalue weighted by Crippen LogP contribution is 2.40. The summed E-state index contributed by atoms with van der Waals surface area (Å²) in [7, 11) is 0. The molecule has 0 amide bonds. The van der Waals surface area contributed by atoms with Gasteiger partial charge in [-0.15, -0.1) is 0 Å². The molecule has 0 spiro atoms. The minimum Gasteiger partial charge on any atom is -0.348 e. The molecule has 1 aromatic carbocycles. The van der Waals surface area contributed by atoms with Crippen molar-refractivity contribution in [3.05, 3.63) is 34.9 Å². The van der Waals surface area contributed by atoms with Crippen LogP contribution in [0, 0.1) is 11.6 Å². The van der Waals surface area contributed by atoms with Gasteiger partial charge >= 0.3 is 6.18 Å². The summed E-state index contributed by atoms with van der Waals surface area (Å²) in [4.78, 5) is 0. The zero-order valence-corrected chi connectivity index (χ0v) is 7.68. The van der Waals surface area contributed by atoms with E-state index in [1.165, 1.54) is 0 Å². The third-order valence-corrected chi connectivity index (χ3v) is 2.25. The van der Waals surface area contributed by atoms with E-state index in [9.17, 15) is 22.0 Å². The minimum absolute atomic E-state index is 0.294. The highest BCUT2D eigenvalue weighted by atomic mass is 19.4. The maximum absolute atomic E-state index is 13.2. The number of benzene rings is 1. The molecular weight excluding hydrogens is 233 g/mol. The van der Waals surface area contributed by atoms with Crippen LogP contribution in [0.5, 0.6) is 0 Å². The molecule has 1 aliphatic rings. The SMILES string of the molecule is NC1OC1c1ccc(C(F)(F)F)c(F)c1F. The van der Waals surface area contributed by atoms with Gasteiger partial charge in [0.2, 0.25) is 0 Å². The topological polar surface area (TPSA) is 38.5 Å². The average Bonchev–Trinajstić information content (AvgIpc) is 2.85. The van der Waals surface area contributed by atoms with Crippen LogP contribution in [0.3, 0.4) is 0 Å². The lowest BCUT2D eigenvalue weighted by atomic mass is 10.1. The van der Waals surface area contributed by atoms with Crippen LogP contribution in [0.15, 0.2) is 12.1 Å². The van der Waals surface area contributed by atoms with Crippen LogP contribution in [0.2, 0.25) is 0 Å². The van der Waals surface area contributed by atoms with Crippen molar-refractivity contribution in [3.63, 3.8) is 0 Å². The van der Waals surface area contributed by atoms with Gasteiger partial charge in [-0.05, 0) is 6.07 Å². The van der Waals surface area contributed by atoms with Crippen LogP contribution in [0.1, 0.15) is 17.2 Å². The van der Waals surface area contributed by atoms with Crippen molar-refractivity contribution in [2.75, 3.05) is 0 Å². The second-order valence-electron chi connectivity index (χ2n) is 3.35. The maximum atomic E-state index is 13.2. The fraction of sp³-hybridized carbons (Fsp3) is 0.333. The third-order valence-electron chi connectivity index (χ3n) is 2.25. The Balaban J connectivity index is 2.44. The van der Waals surface area contributed by atoms with Crippen molar-refractivity contribution in [1.82, 2.24) is 0 Å². The molecule has 1 heterocycles. The Labute approximate surface area is 86.8 Å². The second-order valence-corrected chi connectivity index (χ2v) is 3.35. The summed E-state index contributed by atoms with van der Waals surface area (Å²) >= 11 is 0. The fourth-order valence-corrected chi connectivity index (χ4v) is 1.38. The van der Waals surface area contributed by atoms with Crippen LogP contribution in [0.4, 0.5) is 22.0 Å². The minimum atomic E-state index is -4.92. The summed E-state index contributed by atoms with van der Waals surface area (Å²) in [5.41, 5.74) is 3.28. The molecule has 0 bridgehead atoms. The third kappa shape index (κ3) is 1.76. The lowest BCUT2D eigenvalue weighted by molar-refractivity contribution is -0.140. The number of nitrogens with two attached hydrogens (primary N) is 1. The summed E-state index contributed by atoms with van der Waals surface area (Å²) in [6.07, 6.45) is -6.57. The van der Waals surface area contributed by atoms with Crippen molar-refractivity contribution < 1.29 is 26.7 Å².